The van der Waals surface area contributed by atoms with Crippen LogP contribution >= 0.6 is 0 Å². The number of amides is 2. The van der Waals surface area contributed by atoms with E-state index in [1.54, 1.807) is 12.4 Å². The molecule has 0 unspecified atom stereocenters. The van der Waals surface area contributed by atoms with Gasteiger partial charge in [0.05, 0.1) is 12.4 Å². The molecule has 0 aliphatic carbocycles. The lowest BCUT2D eigenvalue weighted by atomic mass is 10.2. The van der Waals surface area contributed by atoms with Crippen LogP contribution in [0.1, 0.15) is 30.4 Å². The second kappa shape index (κ2) is 12.1. The van der Waals surface area contributed by atoms with Gasteiger partial charge in [-0.3, -0.25) is 9.59 Å². The van der Waals surface area contributed by atoms with Crippen molar-refractivity contribution in [3.8, 4) is 0 Å². The lowest BCUT2D eigenvalue weighted by Crippen LogP contribution is -2.20. The van der Waals surface area contributed by atoms with Gasteiger partial charge in [-0.25, -0.2) is 10.9 Å². The maximum atomic E-state index is 11.8. The standard InChI is InChI=1S/C23H30N6O2/c1-28(2)20-12-8-18(9-13-20)16-24-26-22(30)6-5-7-23(31)27-25-17-19-10-14-21(15-11-19)29(3)4/h8-17H,5-7H2,1-4H3,(H,26,30)(H,27,31)/b24-16+,25-17+. The summed E-state index contributed by atoms with van der Waals surface area (Å²) in [5, 5.41) is 7.90. The number of anilines is 2. The Balaban J connectivity index is 1.64. The normalized spacial score (nSPS) is 11.0. The summed E-state index contributed by atoms with van der Waals surface area (Å²) in [6.07, 6.45) is 4.01. The van der Waals surface area contributed by atoms with E-state index in [0.29, 0.717) is 6.42 Å². The molecule has 0 aliphatic rings. The highest BCUT2D eigenvalue weighted by molar-refractivity contribution is 5.84. The molecule has 0 aliphatic heterocycles. The molecule has 8 nitrogen and oxygen atoms in total. The second-order valence-electron chi connectivity index (χ2n) is 7.41. The number of nitrogens with zero attached hydrogens (tertiary/aromatic N) is 4. The van der Waals surface area contributed by atoms with Gasteiger partial charge in [0.2, 0.25) is 11.8 Å². The number of nitrogens with one attached hydrogen (secondary N) is 2. The molecule has 2 amide bonds. The maximum Gasteiger partial charge on any atom is 0.240 e. The molecule has 0 aromatic heterocycles. The monoisotopic (exact) mass is 422 g/mol. The number of hydrogen-bond acceptors (Lipinski definition) is 6. The van der Waals surface area contributed by atoms with Crippen molar-refractivity contribution in [1.29, 1.82) is 0 Å². The van der Waals surface area contributed by atoms with Gasteiger partial charge in [0, 0.05) is 52.4 Å². The minimum Gasteiger partial charge on any atom is -0.378 e. The van der Waals surface area contributed by atoms with Crippen molar-refractivity contribution in [3.05, 3.63) is 59.7 Å². The first kappa shape index (κ1) is 23.6. The van der Waals surface area contributed by atoms with Gasteiger partial charge in [-0.05, 0) is 41.8 Å². The lowest BCUT2D eigenvalue weighted by molar-refractivity contribution is -0.122. The van der Waals surface area contributed by atoms with Crippen LogP contribution in [0.2, 0.25) is 0 Å². The zero-order valence-corrected chi connectivity index (χ0v) is 18.5. The van der Waals surface area contributed by atoms with Gasteiger partial charge in [0.1, 0.15) is 0 Å². The molecule has 0 fully saturated rings. The molecular formula is C23H30N6O2. The molecule has 0 heterocycles. The van der Waals surface area contributed by atoms with Crippen LogP contribution in [-0.2, 0) is 9.59 Å². The Bertz CT molecular complexity index is 827. The molecule has 0 saturated heterocycles. The SMILES string of the molecule is CN(C)c1ccc(/C=N/NC(=O)CCCC(=O)N/N=C/c2ccc(N(C)C)cc2)cc1. The Labute approximate surface area is 183 Å². The van der Waals surface area contributed by atoms with Crippen molar-refractivity contribution in [2.45, 2.75) is 19.3 Å². The van der Waals surface area contributed by atoms with Crippen LogP contribution in [0.3, 0.4) is 0 Å². The summed E-state index contributed by atoms with van der Waals surface area (Å²) in [5.41, 5.74) is 8.90. The average Bonchev–Trinajstić information content (AvgIpc) is 2.74. The Morgan fingerprint density at radius 2 is 1.06 bits per heavy atom. The maximum absolute atomic E-state index is 11.8. The quantitative estimate of drug-likeness (QED) is 0.455. The van der Waals surface area contributed by atoms with E-state index in [9.17, 15) is 9.59 Å². The summed E-state index contributed by atoms with van der Waals surface area (Å²) in [4.78, 5) is 27.7. The minimum atomic E-state index is -0.238. The molecular weight excluding hydrogens is 392 g/mol. The first-order valence-electron chi connectivity index (χ1n) is 10.0. The summed E-state index contributed by atoms with van der Waals surface area (Å²) in [5.74, 6) is -0.475. The van der Waals surface area contributed by atoms with E-state index in [1.807, 2.05) is 86.5 Å². The molecule has 164 valence electrons. The number of benzene rings is 2. The highest BCUT2D eigenvalue weighted by Crippen LogP contribution is 2.11. The molecule has 2 N–H and O–H groups in total. The minimum absolute atomic E-state index is 0.208. The smallest absolute Gasteiger partial charge is 0.240 e. The number of carbonyl (C=O) groups excluding carboxylic acids is 2. The first-order valence-corrected chi connectivity index (χ1v) is 10.0. The van der Waals surface area contributed by atoms with Gasteiger partial charge in [-0.2, -0.15) is 10.2 Å². The zero-order valence-electron chi connectivity index (χ0n) is 18.5. The Hall–Kier alpha value is -3.68. The predicted octanol–water partition coefficient (Wildman–Crippen LogP) is 2.59. The summed E-state index contributed by atoms with van der Waals surface area (Å²) < 4.78 is 0. The Morgan fingerprint density at radius 3 is 1.39 bits per heavy atom. The first-order chi connectivity index (χ1) is 14.8. The van der Waals surface area contributed by atoms with E-state index >= 15 is 0 Å². The van der Waals surface area contributed by atoms with E-state index in [0.717, 1.165) is 22.5 Å². The van der Waals surface area contributed by atoms with Crippen molar-refractivity contribution in [1.82, 2.24) is 10.9 Å². The number of rotatable bonds is 10. The van der Waals surface area contributed by atoms with E-state index in [-0.39, 0.29) is 24.7 Å². The van der Waals surface area contributed by atoms with Crippen LogP contribution in [0.15, 0.2) is 58.7 Å². The molecule has 0 radical (unpaired) electrons. The lowest BCUT2D eigenvalue weighted by Gasteiger charge is -2.11. The van der Waals surface area contributed by atoms with Crippen LogP contribution in [-0.4, -0.2) is 52.4 Å². The fourth-order valence-electron chi connectivity index (χ4n) is 2.60. The van der Waals surface area contributed by atoms with Crippen molar-refractivity contribution in [3.63, 3.8) is 0 Å². The van der Waals surface area contributed by atoms with Crippen LogP contribution in [0.5, 0.6) is 0 Å². The predicted molar refractivity (Wildman–Crippen MR) is 127 cm³/mol. The summed E-state index contributed by atoms with van der Waals surface area (Å²) in [6, 6.07) is 15.6. The third-order valence-corrected chi connectivity index (χ3v) is 4.43. The number of hydrazone groups is 2. The van der Waals surface area contributed by atoms with Gasteiger partial charge >= 0.3 is 0 Å². The van der Waals surface area contributed by atoms with Gasteiger partial charge in [0.25, 0.3) is 0 Å². The fourth-order valence-corrected chi connectivity index (χ4v) is 2.60. The zero-order chi connectivity index (χ0) is 22.6. The highest BCUT2D eigenvalue weighted by Gasteiger charge is 2.04. The molecule has 2 aromatic carbocycles. The third kappa shape index (κ3) is 8.69. The second-order valence-corrected chi connectivity index (χ2v) is 7.41. The van der Waals surface area contributed by atoms with Gasteiger partial charge in [0.15, 0.2) is 0 Å². The van der Waals surface area contributed by atoms with E-state index in [1.165, 1.54) is 0 Å². The van der Waals surface area contributed by atoms with E-state index in [2.05, 4.69) is 21.1 Å². The topological polar surface area (TPSA) is 89.4 Å². The molecule has 0 spiro atoms. The third-order valence-electron chi connectivity index (χ3n) is 4.43. The van der Waals surface area contributed by atoms with E-state index in [4.69, 9.17) is 0 Å². The van der Waals surface area contributed by atoms with Gasteiger partial charge < -0.3 is 9.80 Å². The fraction of sp³-hybridized carbons (Fsp3) is 0.304. The van der Waals surface area contributed by atoms with Crippen molar-refractivity contribution in [2.75, 3.05) is 38.0 Å². The van der Waals surface area contributed by atoms with Gasteiger partial charge in [-0.15, -0.1) is 0 Å². The Morgan fingerprint density at radius 1 is 0.710 bits per heavy atom. The largest absolute Gasteiger partial charge is 0.378 e. The van der Waals surface area contributed by atoms with E-state index < -0.39 is 0 Å². The number of carbonyl (C=O) groups is 2. The van der Waals surface area contributed by atoms with Gasteiger partial charge in [-0.1, -0.05) is 24.3 Å². The summed E-state index contributed by atoms with van der Waals surface area (Å²) in [7, 11) is 7.89. The van der Waals surface area contributed by atoms with Crippen LogP contribution in [0.4, 0.5) is 11.4 Å². The Kier molecular flexibility index (Phi) is 9.22. The van der Waals surface area contributed by atoms with Crippen molar-refractivity contribution in [2.24, 2.45) is 10.2 Å². The molecule has 0 bridgehead atoms. The van der Waals surface area contributed by atoms with Crippen LogP contribution in [0.25, 0.3) is 0 Å². The number of hydrogen-bond donors (Lipinski definition) is 2. The summed E-state index contributed by atoms with van der Waals surface area (Å²) in [6.45, 7) is 0. The molecule has 0 saturated carbocycles. The highest BCUT2D eigenvalue weighted by atomic mass is 16.2. The van der Waals surface area contributed by atoms with Crippen molar-refractivity contribution < 1.29 is 9.59 Å². The molecule has 31 heavy (non-hydrogen) atoms. The summed E-state index contributed by atoms with van der Waals surface area (Å²) >= 11 is 0. The molecule has 2 aromatic rings. The van der Waals surface area contributed by atoms with Crippen LogP contribution < -0.4 is 20.7 Å². The van der Waals surface area contributed by atoms with Crippen molar-refractivity contribution >= 4 is 35.6 Å². The molecule has 0 atom stereocenters. The molecule has 8 heteroatoms. The average molecular weight is 423 g/mol. The van der Waals surface area contributed by atoms with Crippen LogP contribution in [0, 0.1) is 0 Å². The molecule has 2 rings (SSSR count).